The largest absolute Gasteiger partial charge is 0.492 e. The number of nitrogens with two attached hydrogens (primary N) is 1. The van der Waals surface area contributed by atoms with Crippen molar-refractivity contribution >= 4 is 24.2 Å². The highest BCUT2D eigenvalue weighted by Gasteiger charge is 2.40. The Morgan fingerprint density at radius 3 is 2.50 bits per heavy atom. The molecule has 2 aromatic carbocycles. The van der Waals surface area contributed by atoms with Crippen LogP contribution in [0.15, 0.2) is 42.5 Å². The monoisotopic (exact) mass is 392 g/mol. The van der Waals surface area contributed by atoms with Crippen LogP contribution in [-0.2, 0) is 27.6 Å². The zero-order valence-electron chi connectivity index (χ0n) is 15.4. The SMILES string of the molecule is CC1(C)OB(O)c2cc(NC(=O)C(N)Cc3ccc(C(F)(F)F)cc3)ccc21. The van der Waals surface area contributed by atoms with Gasteiger partial charge < -0.3 is 20.7 Å². The van der Waals surface area contributed by atoms with E-state index in [1.54, 1.807) is 18.2 Å². The van der Waals surface area contributed by atoms with E-state index < -0.39 is 36.4 Å². The molecule has 1 atom stereocenters. The Morgan fingerprint density at radius 2 is 1.89 bits per heavy atom. The van der Waals surface area contributed by atoms with Gasteiger partial charge in [-0.25, -0.2) is 0 Å². The molecule has 0 bridgehead atoms. The van der Waals surface area contributed by atoms with Crippen molar-refractivity contribution < 1.29 is 27.6 Å². The number of benzene rings is 2. The quantitative estimate of drug-likeness (QED) is 0.697. The average molecular weight is 392 g/mol. The third kappa shape index (κ3) is 4.21. The van der Waals surface area contributed by atoms with Crippen LogP contribution in [0.2, 0.25) is 0 Å². The molecule has 1 heterocycles. The second-order valence-electron chi connectivity index (χ2n) is 7.28. The molecule has 0 aliphatic carbocycles. The number of rotatable bonds is 4. The number of fused-ring (bicyclic) bond motifs is 1. The van der Waals surface area contributed by atoms with Gasteiger partial charge in [0.25, 0.3) is 0 Å². The maximum absolute atomic E-state index is 12.6. The van der Waals surface area contributed by atoms with Crippen molar-refractivity contribution in [1.29, 1.82) is 0 Å². The molecule has 3 rings (SSSR count). The van der Waals surface area contributed by atoms with Crippen molar-refractivity contribution in [3.63, 3.8) is 0 Å². The van der Waals surface area contributed by atoms with E-state index in [0.29, 0.717) is 16.7 Å². The molecule has 1 aliphatic rings. The van der Waals surface area contributed by atoms with E-state index in [-0.39, 0.29) is 6.42 Å². The maximum atomic E-state index is 12.6. The van der Waals surface area contributed by atoms with Gasteiger partial charge in [0, 0.05) is 5.69 Å². The maximum Gasteiger partial charge on any atom is 0.492 e. The molecule has 0 aromatic heterocycles. The van der Waals surface area contributed by atoms with Crippen LogP contribution < -0.4 is 16.5 Å². The van der Waals surface area contributed by atoms with Gasteiger partial charge in [-0.15, -0.1) is 0 Å². The van der Waals surface area contributed by atoms with Crippen molar-refractivity contribution in [2.45, 2.75) is 38.1 Å². The Hall–Kier alpha value is -2.36. The van der Waals surface area contributed by atoms with E-state index in [2.05, 4.69) is 5.32 Å². The van der Waals surface area contributed by atoms with Crippen LogP contribution in [0.25, 0.3) is 0 Å². The number of carbonyl (C=O) groups excluding carboxylic acids is 1. The molecule has 5 nitrogen and oxygen atoms in total. The first kappa shape index (κ1) is 20.4. The van der Waals surface area contributed by atoms with Crippen LogP contribution in [0.4, 0.5) is 18.9 Å². The number of amides is 1. The molecule has 9 heteroatoms. The molecule has 0 radical (unpaired) electrons. The third-order valence-corrected chi connectivity index (χ3v) is 4.71. The number of nitrogens with one attached hydrogen (secondary N) is 1. The summed E-state index contributed by atoms with van der Waals surface area (Å²) in [4.78, 5) is 12.3. The Morgan fingerprint density at radius 1 is 1.25 bits per heavy atom. The number of halogens is 3. The van der Waals surface area contributed by atoms with Crippen LogP contribution in [-0.4, -0.2) is 24.1 Å². The summed E-state index contributed by atoms with van der Waals surface area (Å²) in [7, 11) is -1.08. The summed E-state index contributed by atoms with van der Waals surface area (Å²) in [5.41, 5.74) is 6.88. The summed E-state index contributed by atoms with van der Waals surface area (Å²) in [6.07, 6.45) is -4.32. The summed E-state index contributed by atoms with van der Waals surface area (Å²) < 4.78 is 43.3. The van der Waals surface area contributed by atoms with E-state index in [0.717, 1.165) is 17.7 Å². The first-order chi connectivity index (χ1) is 13.0. The molecule has 0 saturated heterocycles. The molecular weight excluding hydrogens is 372 g/mol. The van der Waals surface area contributed by atoms with Crippen LogP contribution in [0.3, 0.4) is 0 Å². The van der Waals surface area contributed by atoms with E-state index in [4.69, 9.17) is 10.4 Å². The van der Waals surface area contributed by atoms with E-state index in [1.807, 2.05) is 13.8 Å². The Labute approximate surface area is 160 Å². The molecule has 1 aliphatic heterocycles. The number of anilines is 1. The van der Waals surface area contributed by atoms with Gasteiger partial charge in [0.1, 0.15) is 0 Å². The lowest BCUT2D eigenvalue weighted by molar-refractivity contribution is -0.137. The highest BCUT2D eigenvalue weighted by atomic mass is 19.4. The number of hydrogen-bond donors (Lipinski definition) is 3. The van der Waals surface area contributed by atoms with Crippen molar-refractivity contribution in [2.24, 2.45) is 5.73 Å². The van der Waals surface area contributed by atoms with Gasteiger partial charge in [-0.1, -0.05) is 18.2 Å². The second kappa shape index (κ2) is 7.23. The minimum Gasteiger partial charge on any atom is -0.423 e. The predicted molar refractivity (Wildman–Crippen MR) is 99.9 cm³/mol. The molecule has 4 N–H and O–H groups in total. The molecule has 1 amide bonds. The fourth-order valence-corrected chi connectivity index (χ4v) is 3.21. The molecule has 28 heavy (non-hydrogen) atoms. The topological polar surface area (TPSA) is 84.6 Å². The van der Waals surface area contributed by atoms with Gasteiger partial charge in [0.15, 0.2) is 0 Å². The minimum atomic E-state index is -4.41. The summed E-state index contributed by atoms with van der Waals surface area (Å²) in [5, 5.41) is 12.7. The van der Waals surface area contributed by atoms with E-state index in [1.165, 1.54) is 12.1 Å². The van der Waals surface area contributed by atoms with Crippen molar-refractivity contribution in [3.05, 3.63) is 59.2 Å². The molecule has 2 aromatic rings. The van der Waals surface area contributed by atoms with E-state index >= 15 is 0 Å². The third-order valence-electron chi connectivity index (χ3n) is 4.71. The molecule has 148 valence electrons. The number of alkyl halides is 3. The first-order valence-electron chi connectivity index (χ1n) is 8.70. The molecule has 0 spiro atoms. The highest BCUT2D eigenvalue weighted by Crippen LogP contribution is 2.31. The zero-order chi connectivity index (χ0) is 20.7. The Bertz CT molecular complexity index is 885. The summed E-state index contributed by atoms with van der Waals surface area (Å²) in [5.74, 6) is -0.479. The molecule has 0 fully saturated rings. The fourth-order valence-electron chi connectivity index (χ4n) is 3.21. The lowest BCUT2D eigenvalue weighted by Gasteiger charge is -2.19. The Balaban J connectivity index is 1.66. The lowest BCUT2D eigenvalue weighted by Crippen LogP contribution is -2.38. The smallest absolute Gasteiger partial charge is 0.423 e. The van der Waals surface area contributed by atoms with Crippen LogP contribution in [0.1, 0.15) is 30.5 Å². The van der Waals surface area contributed by atoms with Crippen LogP contribution in [0, 0.1) is 0 Å². The normalized spacial score (nSPS) is 16.6. The van der Waals surface area contributed by atoms with Gasteiger partial charge in [-0.3, -0.25) is 4.79 Å². The fraction of sp³-hybridized carbons (Fsp3) is 0.316. The average Bonchev–Trinajstić information content (AvgIpc) is 2.83. The van der Waals surface area contributed by atoms with Gasteiger partial charge in [0.05, 0.1) is 17.2 Å². The predicted octanol–water partition coefficient (Wildman–Crippen LogP) is 2.17. The van der Waals surface area contributed by atoms with Gasteiger partial charge in [-0.05, 0) is 61.1 Å². The summed E-state index contributed by atoms with van der Waals surface area (Å²) in [6, 6.07) is 8.67. The molecular formula is C19H20BF3N2O3. The van der Waals surface area contributed by atoms with Crippen molar-refractivity contribution in [1.82, 2.24) is 0 Å². The Kier molecular flexibility index (Phi) is 5.27. The number of carbonyl (C=O) groups is 1. The highest BCUT2D eigenvalue weighted by molar-refractivity contribution is 6.62. The first-order valence-corrected chi connectivity index (χ1v) is 8.70. The van der Waals surface area contributed by atoms with Gasteiger partial charge in [-0.2, -0.15) is 13.2 Å². The van der Waals surface area contributed by atoms with Gasteiger partial charge in [0.2, 0.25) is 5.91 Å². The zero-order valence-corrected chi connectivity index (χ0v) is 15.4. The minimum absolute atomic E-state index is 0.0910. The summed E-state index contributed by atoms with van der Waals surface area (Å²) >= 11 is 0. The van der Waals surface area contributed by atoms with Crippen LogP contribution >= 0.6 is 0 Å². The van der Waals surface area contributed by atoms with E-state index in [9.17, 15) is 23.0 Å². The lowest BCUT2D eigenvalue weighted by atomic mass is 9.78. The van der Waals surface area contributed by atoms with Crippen molar-refractivity contribution in [2.75, 3.05) is 5.32 Å². The standard InChI is InChI=1S/C19H20BF3N2O3/c1-18(2)14-8-7-13(10-15(14)20(27)28-18)25-17(26)16(24)9-11-3-5-12(6-4-11)19(21,22)23/h3-8,10,16,27H,9,24H2,1-2H3,(H,25,26). The number of hydrogen-bond acceptors (Lipinski definition) is 4. The van der Waals surface area contributed by atoms with Crippen molar-refractivity contribution in [3.8, 4) is 0 Å². The molecule has 0 saturated carbocycles. The van der Waals surface area contributed by atoms with Gasteiger partial charge >= 0.3 is 13.3 Å². The van der Waals surface area contributed by atoms with Crippen LogP contribution in [0.5, 0.6) is 0 Å². The summed E-state index contributed by atoms with van der Waals surface area (Å²) in [6.45, 7) is 3.67. The molecule has 1 unspecified atom stereocenters. The second-order valence-corrected chi connectivity index (χ2v) is 7.28.